The minimum Gasteiger partial charge on any atom is -0.484 e. The fourth-order valence-electron chi connectivity index (χ4n) is 1.26. The monoisotopic (exact) mass is 289 g/mol. The predicted octanol–water partition coefficient (Wildman–Crippen LogP) is 3.81. The van der Waals surface area contributed by atoms with E-state index < -0.39 is 12.8 Å². The number of nitrogens with zero attached hydrogens (tertiary/aromatic N) is 3. The molecule has 0 atom stereocenters. The molecule has 0 aromatic heterocycles. The smallest absolute Gasteiger partial charge is 0.422 e. The minimum absolute atomic E-state index is 0.142. The lowest BCUT2D eigenvalue weighted by atomic mass is 10.3. The molecule has 0 amide bonds. The number of amidine groups is 1. The Balaban J connectivity index is 1.91. The third-order valence-corrected chi connectivity index (χ3v) is 2.92. The number of hydrogen-bond acceptors (Lipinski definition) is 5. The van der Waals surface area contributed by atoms with Crippen molar-refractivity contribution >= 4 is 22.6 Å². The van der Waals surface area contributed by atoms with Crippen LogP contribution in [0.5, 0.6) is 5.75 Å². The number of thioether (sulfide) groups is 1. The molecule has 0 aliphatic carbocycles. The molecule has 1 aromatic carbocycles. The summed E-state index contributed by atoms with van der Waals surface area (Å²) in [6.07, 6.45) is -4.34. The SMILES string of the molecule is FC(F)(F)COc1ccc(/N=N/C2=NCCS2)cc1. The summed E-state index contributed by atoms with van der Waals surface area (Å²) < 4.78 is 40.4. The van der Waals surface area contributed by atoms with E-state index in [2.05, 4.69) is 20.0 Å². The Morgan fingerprint density at radius 1 is 1.21 bits per heavy atom. The molecule has 1 heterocycles. The molecule has 0 spiro atoms. The van der Waals surface area contributed by atoms with Gasteiger partial charge in [-0.25, -0.2) is 0 Å². The Morgan fingerprint density at radius 3 is 2.53 bits per heavy atom. The third-order valence-electron chi connectivity index (χ3n) is 2.06. The number of benzene rings is 1. The molecule has 8 heteroatoms. The highest BCUT2D eigenvalue weighted by Gasteiger charge is 2.28. The second-order valence-electron chi connectivity index (χ2n) is 3.61. The van der Waals surface area contributed by atoms with Crippen LogP contribution in [0.15, 0.2) is 39.5 Å². The molecular formula is C11H10F3N3OS. The molecule has 0 fully saturated rings. The van der Waals surface area contributed by atoms with Crippen LogP contribution in [0, 0.1) is 0 Å². The molecule has 0 N–H and O–H groups in total. The topological polar surface area (TPSA) is 46.3 Å². The van der Waals surface area contributed by atoms with Gasteiger partial charge < -0.3 is 4.74 Å². The number of aliphatic imine (C=N–C) groups is 1. The molecule has 0 radical (unpaired) electrons. The summed E-state index contributed by atoms with van der Waals surface area (Å²) in [6.45, 7) is -0.565. The number of alkyl halides is 3. The first-order chi connectivity index (χ1) is 9.03. The van der Waals surface area contributed by atoms with Crippen LogP contribution in [0.4, 0.5) is 18.9 Å². The lowest BCUT2D eigenvalue weighted by molar-refractivity contribution is -0.153. The van der Waals surface area contributed by atoms with Gasteiger partial charge in [-0.15, -0.1) is 10.2 Å². The Bertz CT molecular complexity index is 485. The highest BCUT2D eigenvalue weighted by molar-refractivity contribution is 8.14. The van der Waals surface area contributed by atoms with E-state index in [0.29, 0.717) is 10.9 Å². The van der Waals surface area contributed by atoms with Crippen molar-refractivity contribution in [3.63, 3.8) is 0 Å². The van der Waals surface area contributed by atoms with Gasteiger partial charge in [0.25, 0.3) is 0 Å². The van der Waals surface area contributed by atoms with E-state index in [1.807, 2.05) is 0 Å². The van der Waals surface area contributed by atoms with Crippen molar-refractivity contribution < 1.29 is 17.9 Å². The van der Waals surface area contributed by atoms with Crippen LogP contribution in [0.2, 0.25) is 0 Å². The Kier molecular flexibility index (Phi) is 4.41. The van der Waals surface area contributed by atoms with Gasteiger partial charge >= 0.3 is 6.18 Å². The van der Waals surface area contributed by atoms with Gasteiger partial charge in [0.1, 0.15) is 5.75 Å². The van der Waals surface area contributed by atoms with Crippen molar-refractivity contribution in [1.82, 2.24) is 0 Å². The Labute approximate surface area is 111 Å². The summed E-state index contributed by atoms with van der Waals surface area (Å²) >= 11 is 1.52. The standard InChI is InChI=1S/C11H10F3N3OS/c12-11(13,14)7-18-9-3-1-8(2-4-9)16-17-10-15-5-6-19-10/h1-4H,5-7H2/b17-16+. The molecule has 1 aromatic rings. The van der Waals surface area contributed by atoms with Gasteiger partial charge in [-0.05, 0) is 24.3 Å². The molecule has 4 nitrogen and oxygen atoms in total. The lowest BCUT2D eigenvalue weighted by Gasteiger charge is -2.08. The lowest BCUT2D eigenvalue weighted by Crippen LogP contribution is -2.19. The number of halogens is 3. The van der Waals surface area contributed by atoms with Crippen LogP contribution in [0.3, 0.4) is 0 Å². The maximum absolute atomic E-state index is 11.9. The minimum atomic E-state index is -4.34. The molecule has 1 aliphatic rings. The van der Waals surface area contributed by atoms with Gasteiger partial charge in [0.05, 0.1) is 12.2 Å². The molecule has 102 valence electrons. The van der Waals surface area contributed by atoms with E-state index >= 15 is 0 Å². The van der Waals surface area contributed by atoms with E-state index in [0.717, 1.165) is 12.3 Å². The zero-order chi connectivity index (χ0) is 13.7. The van der Waals surface area contributed by atoms with Crippen molar-refractivity contribution in [3.8, 4) is 5.75 Å². The third kappa shape index (κ3) is 4.90. The second-order valence-corrected chi connectivity index (χ2v) is 4.67. The van der Waals surface area contributed by atoms with Crippen molar-refractivity contribution in [3.05, 3.63) is 24.3 Å². The summed E-state index contributed by atoms with van der Waals surface area (Å²) in [5, 5.41) is 8.48. The van der Waals surface area contributed by atoms with Crippen LogP contribution in [0.1, 0.15) is 0 Å². The van der Waals surface area contributed by atoms with Crippen molar-refractivity contribution in [2.24, 2.45) is 15.2 Å². The van der Waals surface area contributed by atoms with Crippen molar-refractivity contribution in [2.75, 3.05) is 18.9 Å². The van der Waals surface area contributed by atoms with E-state index in [1.54, 1.807) is 0 Å². The average molecular weight is 289 g/mol. The second kappa shape index (κ2) is 6.05. The first-order valence-corrected chi connectivity index (χ1v) is 6.40. The fourth-order valence-corrected chi connectivity index (χ4v) is 1.91. The van der Waals surface area contributed by atoms with E-state index in [4.69, 9.17) is 0 Å². The van der Waals surface area contributed by atoms with Crippen LogP contribution < -0.4 is 4.74 Å². The molecule has 0 bridgehead atoms. The number of hydrogen-bond donors (Lipinski definition) is 0. The fraction of sp³-hybridized carbons (Fsp3) is 0.364. The van der Waals surface area contributed by atoms with Gasteiger partial charge in [0.2, 0.25) is 5.17 Å². The first-order valence-electron chi connectivity index (χ1n) is 5.41. The van der Waals surface area contributed by atoms with Crippen LogP contribution in [-0.4, -0.2) is 30.2 Å². The zero-order valence-electron chi connectivity index (χ0n) is 9.72. The maximum atomic E-state index is 11.9. The summed E-state index contributed by atoms with van der Waals surface area (Å²) in [5.74, 6) is 1.04. The molecule has 0 saturated heterocycles. The Hall–Kier alpha value is -1.57. The summed E-state index contributed by atoms with van der Waals surface area (Å²) in [4.78, 5) is 4.09. The zero-order valence-corrected chi connectivity index (χ0v) is 10.5. The van der Waals surface area contributed by atoms with Crippen LogP contribution in [0.25, 0.3) is 0 Å². The number of rotatable bonds is 3. The van der Waals surface area contributed by atoms with Gasteiger partial charge in [-0.2, -0.15) is 13.2 Å². The highest BCUT2D eigenvalue weighted by atomic mass is 32.2. The maximum Gasteiger partial charge on any atom is 0.422 e. The van der Waals surface area contributed by atoms with E-state index in [1.165, 1.54) is 36.0 Å². The normalized spacial score (nSPS) is 15.8. The predicted molar refractivity (Wildman–Crippen MR) is 67.3 cm³/mol. The first kappa shape index (κ1) is 13.9. The van der Waals surface area contributed by atoms with Crippen LogP contribution in [-0.2, 0) is 0 Å². The molecule has 19 heavy (non-hydrogen) atoms. The largest absolute Gasteiger partial charge is 0.484 e. The van der Waals surface area contributed by atoms with Crippen molar-refractivity contribution in [2.45, 2.75) is 6.18 Å². The molecule has 0 saturated carbocycles. The van der Waals surface area contributed by atoms with Gasteiger partial charge in [-0.3, -0.25) is 4.99 Å². The summed E-state index contributed by atoms with van der Waals surface area (Å²) in [7, 11) is 0. The summed E-state index contributed by atoms with van der Waals surface area (Å²) in [6, 6.07) is 5.91. The number of azo groups is 1. The Morgan fingerprint density at radius 2 is 1.95 bits per heavy atom. The van der Waals surface area contributed by atoms with Crippen molar-refractivity contribution in [1.29, 1.82) is 0 Å². The van der Waals surface area contributed by atoms with Gasteiger partial charge in [-0.1, -0.05) is 11.8 Å². The van der Waals surface area contributed by atoms with Gasteiger partial charge in [0, 0.05) is 5.75 Å². The molecule has 0 unspecified atom stereocenters. The average Bonchev–Trinajstić information content (AvgIpc) is 2.87. The quantitative estimate of drug-likeness (QED) is 0.794. The number of ether oxygens (including phenoxy) is 1. The summed E-state index contributed by atoms with van der Waals surface area (Å²) in [5.41, 5.74) is 0.537. The highest BCUT2D eigenvalue weighted by Crippen LogP contribution is 2.22. The molecule has 1 aliphatic heterocycles. The molecular weight excluding hydrogens is 279 g/mol. The molecule has 2 rings (SSSR count). The van der Waals surface area contributed by atoms with E-state index in [9.17, 15) is 13.2 Å². The van der Waals surface area contributed by atoms with Crippen LogP contribution >= 0.6 is 11.8 Å². The van der Waals surface area contributed by atoms with Gasteiger partial charge in [0.15, 0.2) is 6.61 Å². The van der Waals surface area contributed by atoms with E-state index in [-0.39, 0.29) is 5.75 Å².